The molecule has 0 saturated heterocycles. The molecule has 4 aromatic carbocycles. The molecule has 1 aromatic heterocycles. The number of anilines is 2. The summed E-state index contributed by atoms with van der Waals surface area (Å²) in [5, 5.41) is 5.78. The molecule has 26 heavy (non-hydrogen) atoms. The van der Waals surface area contributed by atoms with E-state index < -0.39 is 0 Å². The fraction of sp³-hybridized carbons (Fsp3) is 0. The molecule has 5 aromatic rings. The molecule has 0 atom stereocenters. The Labute approximate surface area is 151 Å². The summed E-state index contributed by atoms with van der Waals surface area (Å²) in [6.07, 6.45) is 0. The monoisotopic (exact) mass is 335 g/mol. The number of hydrogen-bond donors (Lipinski definition) is 1. The van der Waals surface area contributed by atoms with E-state index in [0.29, 0.717) is 0 Å². The molecule has 0 bridgehead atoms. The Hall–Kier alpha value is -3.52. The van der Waals surface area contributed by atoms with Crippen molar-refractivity contribution in [3.05, 3.63) is 97.1 Å². The normalized spacial score (nSPS) is 11.1. The van der Waals surface area contributed by atoms with Gasteiger partial charge in [-0.15, -0.1) is 0 Å². The number of para-hydroxylation sites is 2. The quantitative estimate of drug-likeness (QED) is 0.384. The fourth-order valence-corrected chi connectivity index (χ4v) is 3.46. The molecule has 1 heterocycles. The van der Waals surface area contributed by atoms with Crippen molar-refractivity contribution in [1.29, 1.82) is 0 Å². The molecule has 1 N–H and O–H groups in total. The zero-order valence-corrected chi connectivity index (χ0v) is 14.1. The highest BCUT2D eigenvalue weighted by Crippen LogP contribution is 2.40. The van der Waals surface area contributed by atoms with Crippen molar-refractivity contribution < 1.29 is 4.42 Å². The second-order valence-electron chi connectivity index (χ2n) is 6.32. The number of nitrogens with one attached hydrogen (secondary N) is 1. The molecule has 0 aliphatic rings. The number of rotatable bonds is 3. The molecule has 0 aliphatic heterocycles. The first-order valence-electron chi connectivity index (χ1n) is 8.72. The van der Waals surface area contributed by atoms with Gasteiger partial charge in [0.05, 0.1) is 5.69 Å². The van der Waals surface area contributed by atoms with Crippen molar-refractivity contribution >= 4 is 33.3 Å². The van der Waals surface area contributed by atoms with Gasteiger partial charge in [0.15, 0.2) is 5.58 Å². The summed E-state index contributed by atoms with van der Waals surface area (Å²) in [6.45, 7) is 0. The predicted octanol–water partition coefficient (Wildman–Crippen LogP) is 7.00. The van der Waals surface area contributed by atoms with Gasteiger partial charge in [0.2, 0.25) is 0 Å². The molecule has 0 spiro atoms. The second kappa shape index (κ2) is 6.08. The van der Waals surface area contributed by atoms with Gasteiger partial charge in [0, 0.05) is 16.5 Å². The molecule has 0 unspecified atom stereocenters. The maximum atomic E-state index is 6.26. The molecule has 2 heteroatoms. The highest BCUT2D eigenvalue weighted by Gasteiger charge is 2.15. The van der Waals surface area contributed by atoms with Crippen LogP contribution in [0.3, 0.4) is 0 Å². The first-order valence-corrected chi connectivity index (χ1v) is 8.72. The Morgan fingerprint density at radius 2 is 1.31 bits per heavy atom. The van der Waals surface area contributed by atoms with E-state index in [1.807, 2.05) is 36.4 Å². The summed E-state index contributed by atoms with van der Waals surface area (Å²) in [6, 6.07) is 33.1. The minimum atomic E-state index is 0.886. The lowest BCUT2D eigenvalue weighted by atomic mass is 9.98. The fourth-order valence-electron chi connectivity index (χ4n) is 3.46. The Kier molecular flexibility index (Phi) is 3.46. The van der Waals surface area contributed by atoms with Crippen LogP contribution in [0.1, 0.15) is 0 Å². The first-order chi connectivity index (χ1) is 12.9. The number of fused-ring (bicyclic) bond motifs is 3. The van der Waals surface area contributed by atoms with Gasteiger partial charge in [-0.05, 0) is 35.4 Å². The van der Waals surface area contributed by atoms with Gasteiger partial charge >= 0.3 is 0 Å². The molecule has 124 valence electrons. The van der Waals surface area contributed by atoms with Gasteiger partial charge in [-0.25, -0.2) is 0 Å². The van der Waals surface area contributed by atoms with Crippen molar-refractivity contribution in [1.82, 2.24) is 0 Å². The molecule has 0 saturated carbocycles. The van der Waals surface area contributed by atoms with E-state index in [4.69, 9.17) is 4.42 Å². The number of furan rings is 1. The summed E-state index contributed by atoms with van der Waals surface area (Å²) in [5.74, 6) is 0. The third-order valence-electron chi connectivity index (χ3n) is 4.66. The highest BCUT2D eigenvalue weighted by atomic mass is 16.3. The Bertz CT molecular complexity index is 1190. The summed E-state index contributed by atoms with van der Waals surface area (Å²) >= 11 is 0. The average molecular weight is 335 g/mol. The zero-order chi connectivity index (χ0) is 17.3. The predicted molar refractivity (Wildman–Crippen MR) is 109 cm³/mol. The van der Waals surface area contributed by atoms with Crippen LogP contribution in [0.4, 0.5) is 11.4 Å². The van der Waals surface area contributed by atoms with Crippen LogP contribution in [0.15, 0.2) is 101 Å². The summed E-state index contributed by atoms with van der Waals surface area (Å²) in [7, 11) is 0. The lowest BCUT2D eigenvalue weighted by Gasteiger charge is -2.10. The van der Waals surface area contributed by atoms with Crippen LogP contribution in [0, 0.1) is 0 Å². The van der Waals surface area contributed by atoms with Crippen LogP contribution in [-0.4, -0.2) is 0 Å². The van der Waals surface area contributed by atoms with Crippen LogP contribution in [0.5, 0.6) is 0 Å². The SMILES string of the molecule is c1ccc(Nc2ccc(-c3ccccc3)c3c2oc2ccccc23)cc1. The molecule has 0 aliphatic carbocycles. The van der Waals surface area contributed by atoms with E-state index in [1.54, 1.807) is 0 Å². The zero-order valence-electron chi connectivity index (χ0n) is 14.1. The van der Waals surface area contributed by atoms with Gasteiger partial charge < -0.3 is 9.73 Å². The van der Waals surface area contributed by atoms with Crippen molar-refractivity contribution in [3.8, 4) is 11.1 Å². The maximum Gasteiger partial charge on any atom is 0.159 e. The third kappa shape index (κ3) is 2.44. The van der Waals surface area contributed by atoms with Gasteiger partial charge in [-0.2, -0.15) is 0 Å². The van der Waals surface area contributed by atoms with E-state index in [9.17, 15) is 0 Å². The molecule has 0 fully saturated rings. The van der Waals surface area contributed by atoms with Gasteiger partial charge in [-0.1, -0.05) is 72.8 Å². The average Bonchev–Trinajstić information content (AvgIpc) is 3.10. The summed E-state index contributed by atoms with van der Waals surface area (Å²) in [5.41, 5.74) is 6.18. The Morgan fingerprint density at radius 3 is 2.12 bits per heavy atom. The maximum absolute atomic E-state index is 6.26. The van der Waals surface area contributed by atoms with Crippen LogP contribution in [-0.2, 0) is 0 Å². The van der Waals surface area contributed by atoms with Crippen LogP contribution < -0.4 is 5.32 Å². The molecular formula is C24H17NO. The Morgan fingerprint density at radius 1 is 0.615 bits per heavy atom. The van der Waals surface area contributed by atoms with Gasteiger partial charge in [-0.3, -0.25) is 0 Å². The second-order valence-corrected chi connectivity index (χ2v) is 6.32. The first kappa shape index (κ1) is 14.8. The minimum absolute atomic E-state index is 0.886. The number of hydrogen-bond acceptors (Lipinski definition) is 2. The molecule has 2 nitrogen and oxygen atoms in total. The largest absolute Gasteiger partial charge is 0.454 e. The smallest absolute Gasteiger partial charge is 0.159 e. The van der Waals surface area contributed by atoms with Crippen molar-refractivity contribution in [2.75, 3.05) is 5.32 Å². The van der Waals surface area contributed by atoms with Gasteiger partial charge in [0.25, 0.3) is 0 Å². The number of benzene rings is 4. The summed E-state index contributed by atoms with van der Waals surface area (Å²) < 4.78 is 6.26. The van der Waals surface area contributed by atoms with E-state index >= 15 is 0 Å². The van der Waals surface area contributed by atoms with E-state index in [1.165, 1.54) is 11.1 Å². The van der Waals surface area contributed by atoms with Gasteiger partial charge in [0.1, 0.15) is 5.58 Å². The highest BCUT2D eigenvalue weighted by molar-refractivity contribution is 6.16. The third-order valence-corrected chi connectivity index (χ3v) is 4.66. The van der Waals surface area contributed by atoms with E-state index in [0.717, 1.165) is 33.3 Å². The Balaban J connectivity index is 1.79. The van der Waals surface area contributed by atoms with Crippen molar-refractivity contribution in [2.24, 2.45) is 0 Å². The van der Waals surface area contributed by atoms with Crippen molar-refractivity contribution in [2.45, 2.75) is 0 Å². The minimum Gasteiger partial charge on any atom is -0.454 e. The van der Waals surface area contributed by atoms with Crippen LogP contribution in [0.25, 0.3) is 33.1 Å². The summed E-state index contributed by atoms with van der Waals surface area (Å²) in [4.78, 5) is 0. The standard InChI is InChI=1S/C24H17NO/c1-3-9-17(10-4-1)19-15-16-21(25-18-11-5-2-6-12-18)24-23(19)20-13-7-8-14-22(20)26-24/h1-16,25H. The van der Waals surface area contributed by atoms with Crippen LogP contribution >= 0.6 is 0 Å². The molecular weight excluding hydrogens is 318 g/mol. The van der Waals surface area contributed by atoms with E-state index in [-0.39, 0.29) is 0 Å². The molecule has 0 amide bonds. The molecule has 0 radical (unpaired) electrons. The van der Waals surface area contributed by atoms with Crippen LogP contribution in [0.2, 0.25) is 0 Å². The van der Waals surface area contributed by atoms with Crippen molar-refractivity contribution in [3.63, 3.8) is 0 Å². The molecule has 5 rings (SSSR count). The topological polar surface area (TPSA) is 25.2 Å². The lowest BCUT2D eigenvalue weighted by molar-refractivity contribution is 0.670. The van der Waals surface area contributed by atoms with E-state index in [2.05, 4.69) is 66.0 Å². The lowest BCUT2D eigenvalue weighted by Crippen LogP contribution is -1.91.